The van der Waals surface area contributed by atoms with Crippen molar-refractivity contribution in [3.8, 4) is 0 Å². The number of rotatable bonds is 5. The number of hydrogen-bond acceptors (Lipinski definition) is 2. The van der Waals surface area contributed by atoms with Gasteiger partial charge in [0.2, 0.25) is 0 Å². The summed E-state index contributed by atoms with van der Waals surface area (Å²) in [4.78, 5) is 13.8. The molecule has 0 unspecified atom stereocenters. The number of hydrogen-bond donors (Lipinski definition) is 0. The van der Waals surface area contributed by atoms with Crippen molar-refractivity contribution in [3.63, 3.8) is 0 Å². The molecule has 0 spiro atoms. The average molecular weight is 289 g/mol. The Morgan fingerprint density at radius 3 is 2.33 bits per heavy atom. The maximum atomic E-state index is 13.6. The van der Waals surface area contributed by atoms with Crippen LogP contribution < -0.4 is 4.90 Å². The first-order valence-corrected chi connectivity index (χ1v) is 6.79. The highest BCUT2D eigenvalue weighted by molar-refractivity contribution is 5.99. The number of aryl methyl sites for hydroxylation is 1. The zero-order valence-corrected chi connectivity index (χ0v) is 12.1. The zero-order valence-electron chi connectivity index (χ0n) is 12.1. The minimum atomic E-state index is -0.824. The fourth-order valence-corrected chi connectivity index (χ4v) is 2.09. The first-order valence-electron chi connectivity index (χ1n) is 6.79. The number of halogens is 2. The van der Waals surface area contributed by atoms with Crippen LogP contribution in [0.25, 0.3) is 0 Å². The number of benzene rings is 2. The Labute approximate surface area is 123 Å². The lowest BCUT2D eigenvalue weighted by Crippen LogP contribution is -2.26. The molecule has 0 aliphatic carbocycles. The number of anilines is 1. The van der Waals surface area contributed by atoms with Crippen molar-refractivity contribution in [1.29, 1.82) is 0 Å². The minimum absolute atomic E-state index is 0.0357. The van der Waals surface area contributed by atoms with Crippen LogP contribution in [0.2, 0.25) is 0 Å². The van der Waals surface area contributed by atoms with Gasteiger partial charge in [-0.1, -0.05) is 19.1 Å². The summed E-state index contributed by atoms with van der Waals surface area (Å²) in [5.41, 5.74) is 2.00. The van der Waals surface area contributed by atoms with Gasteiger partial charge < -0.3 is 4.90 Å². The van der Waals surface area contributed by atoms with Crippen molar-refractivity contribution in [1.82, 2.24) is 0 Å². The first kappa shape index (κ1) is 15.2. The molecule has 2 nitrogen and oxygen atoms in total. The average Bonchev–Trinajstić information content (AvgIpc) is 2.47. The number of ketones is 1. The fraction of sp³-hybridized carbons (Fsp3) is 0.235. The van der Waals surface area contributed by atoms with Crippen molar-refractivity contribution in [2.75, 3.05) is 18.5 Å². The zero-order chi connectivity index (χ0) is 15.4. The highest BCUT2D eigenvalue weighted by atomic mass is 19.1. The fourth-order valence-electron chi connectivity index (χ4n) is 2.09. The Balaban J connectivity index is 2.10. The van der Waals surface area contributed by atoms with Crippen LogP contribution in [-0.4, -0.2) is 19.4 Å². The van der Waals surface area contributed by atoms with Crippen LogP contribution >= 0.6 is 0 Å². The number of carbonyl (C=O) groups excluding carboxylic acids is 1. The summed E-state index contributed by atoms with van der Waals surface area (Å²) in [6.07, 6.45) is 0.948. The van der Waals surface area contributed by atoms with E-state index in [9.17, 15) is 13.6 Å². The van der Waals surface area contributed by atoms with E-state index in [0.29, 0.717) is 0 Å². The SMILES string of the molecule is CCc1ccc(N(C)CC(=O)c2ccc(F)cc2F)cc1. The third kappa shape index (κ3) is 3.66. The lowest BCUT2D eigenvalue weighted by atomic mass is 10.1. The summed E-state index contributed by atoms with van der Waals surface area (Å²) < 4.78 is 26.4. The first-order chi connectivity index (χ1) is 10.0. The predicted octanol–water partition coefficient (Wildman–Crippen LogP) is 3.85. The van der Waals surface area contributed by atoms with E-state index in [1.54, 1.807) is 11.9 Å². The van der Waals surface area contributed by atoms with E-state index in [-0.39, 0.29) is 17.9 Å². The third-order valence-corrected chi connectivity index (χ3v) is 3.40. The molecule has 2 aromatic carbocycles. The van der Waals surface area contributed by atoms with Crippen molar-refractivity contribution in [2.45, 2.75) is 13.3 Å². The van der Waals surface area contributed by atoms with Crippen molar-refractivity contribution >= 4 is 11.5 Å². The monoisotopic (exact) mass is 289 g/mol. The van der Waals surface area contributed by atoms with Gasteiger partial charge in [0.15, 0.2) is 5.78 Å². The molecule has 0 heterocycles. The van der Waals surface area contributed by atoms with Gasteiger partial charge in [0.05, 0.1) is 12.1 Å². The molecule has 0 N–H and O–H groups in total. The molecule has 0 atom stereocenters. The molecule has 110 valence electrons. The van der Waals surface area contributed by atoms with Crippen LogP contribution in [-0.2, 0) is 6.42 Å². The minimum Gasteiger partial charge on any atom is -0.367 e. The van der Waals surface area contributed by atoms with Crippen LogP contribution in [0, 0.1) is 11.6 Å². The molecular weight excluding hydrogens is 272 g/mol. The molecule has 0 saturated carbocycles. The second kappa shape index (κ2) is 6.48. The van der Waals surface area contributed by atoms with Gasteiger partial charge in [-0.2, -0.15) is 0 Å². The van der Waals surface area contributed by atoms with Gasteiger partial charge in [0.25, 0.3) is 0 Å². The Bertz CT molecular complexity index is 638. The summed E-state index contributed by atoms with van der Waals surface area (Å²) in [6, 6.07) is 10.8. The van der Waals surface area contributed by atoms with Gasteiger partial charge in [0, 0.05) is 18.8 Å². The molecule has 2 aromatic rings. The van der Waals surface area contributed by atoms with Gasteiger partial charge >= 0.3 is 0 Å². The summed E-state index contributed by atoms with van der Waals surface area (Å²) in [6.45, 7) is 2.10. The van der Waals surface area contributed by atoms with Crippen molar-refractivity contribution in [3.05, 3.63) is 65.2 Å². The molecule has 21 heavy (non-hydrogen) atoms. The molecule has 4 heteroatoms. The van der Waals surface area contributed by atoms with E-state index in [1.807, 2.05) is 24.3 Å². The van der Waals surface area contributed by atoms with E-state index in [1.165, 1.54) is 11.6 Å². The third-order valence-electron chi connectivity index (χ3n) is 3.40. The molecule has 0 aromatic heterocycles. The Morgan fingerprint density at radius 2 is 1.76 bits per heavy atom. The van der Waals surface area contributed by atoms with Gasteiger partial charge in [-0.25, -0.2) is 8.78 Å². The van der Waals surface area contributed by atoms with Crippen LogP contribution in [0.15, 0.2) is 42.5 Å². The Hall–Kier alpha value is -2.23. The molecule has 0 bridgehead atoms. The molecule has 0 radical (unpaired) electrons. The maximum absolute atomic E-state index is 13.6. The van der Waals surface area contributed by atoms with E-state index < -0.39 is 11.6 Å². The second-order valence-electron chi connectivity index (χ2n) is 4.92. The van der Waals surface area contributed by atoms with Gasteiger partial charge in [0.1, 0.15) is 11.6 Å². The van der Waals surface area contributed by atoms with Crippen molar-refractivity contribution < 1.29 is 13.6 Å². The molecular formula is C17H17F2NO. The standard InChI is InChI=1S/C17H17F2NO/c1-3-12-4-7-14(8-5-12)20(2)11-17(21)15-9-6-13(18)10-16(15)19/h4-10H,3,11H2,1-2H3. The van der Waals surface area contributed by atoms with Crippen LogP contribution in [0.3, 0.4) is 0 Å². The summed E-state index contributed by atoms with van der Waals surface area (Å²) in [7, 11) is 1.76. The van der Waals surface area contributed by atoms with Crippen LogP contribution in [0.1, 0.15) is 22.8 Å². The highest BCUT2D eigenvalue weighted by Gasteiger charge is 2.14. The number of Topliss-reactive ketones (excluding diaryl/α,β-unsaturated/α-hetero) is 1. The molecule has 2 rings (SSSR count). The molecule has 0 saturated heterocycles. The van der Waals surface area contributed by atoms with Crippen LogP contribution in [0.5, 0.6) is 0 Å². The number of carbonyl (C=O) groups is 1. The lowest BCUT2D eigenvalue weighted by molar-refractivity contribution is 0.0996. The summed E-state index contributed by atoms with van der Waals surface area (Å²) in [5, 5.41) is 0. The van der Waals surface area contributed by atoms with E-state index in [2.05, 4.69) is 6.92 Å². The largest absolute Gasteiger partial charge is 0.367 e. The maximum Gasteiger partial charge on any atom is 0.185 e. The molecule has 0 aliphatic rings. The van der Waals surface area contributed by atoms with Gasteiger partial charge in [-0.15, -0.1) is 0 Å². The quantitative estimate of drug-likeness (QED) is 0.779. The van der Waals surface area contributed by atoms with Crippen molar-refractivity contribution in [2.24, 2.45) is 0 Å². The highest BCUT2D eigenvalue weighted by Crippen LogP contribution is 2.16. The van der Waals surface area contributed by atoms with E-state index >= 15 is 0 Å². The topological polar surface area (TPSA) is 20.3 Å². The Kier molecular flexibility index (Phi) is 4.68. The van der Waals surface area contributed by atoms with E-state index in [0.717, 1.165) is 24.2 Å². The normalized spacial score (nSPS) is 10.5. The van der Waals surface area contributed by atoms with E-state index in [4.69, 9.17) is 0 Å². The number of likely N-dealkylation sites (N-methyl/N-ethyl adjacent to an activating group) is 1. The summed E-state index contributed by atoms with van der Waals surface area (Å²) in [5.74, 6) is -1.89. The second-order valence-corrected chi connectivity index (χ2v) is 4.92. The predicted molar refractivity (Wildman–Crippen MR) is 79.8 cm³/mol. The lowest BCUT2D eigenvalue weighted by Gasteiger charge is -2.19. The van der Waals surface area contributed by atoms with Crippen LogP contribution in [0.4, 0.5) is 14.5 Å². The molecule has 0 aliphatic heterocycles. The molecule has 0 fully saturated rings. The number of nitrogens with zero attached hydrogens (tertiary/aromatic N) is 1. The van der Waals surface area contributed by atoms with Gasteiger partial charge in [-0.05, 0) is 36.2 Å². The smallest absolute Gasteiger partial charge is 0.185 e. The Morgan fingerprint density at radius 1 is 1.10 bits per heavy atom. The van der Waals surface area contributed by atoms with Gasteiger partial charge in [-0.3, -0.25) is 4.79 Å². The molecule has 0 amide bonds. The summed E-state index contributed by atoms with van der Waals surface area (Å²) >= 11 is 0.